The molecule has 3 nitrogen and oxygen atoms in total. The standard InChI is InChI=1S/C17H17N3/c1-13-4-2-3-5-15(13)12-18-16-8-6-14(7-9-16)17-10-11-19-20-17/h2-11,18H,12H2,1H3,(H,19,20). The van der Waals surface area contributed by atoms with E-state index in [0.29, 0.717) is 0 Å². The van der Waals surface area contributed by atoms with Crippen LogP contribution in [0.1, 0.15) is 11.1 Å². The SMILES string of the molecule is Cc1ccccc1CNc1ccc(-c2ccn[nH]2)cc1. The van der Waals surface area contributed by atoms with Gasteiger partial charge in [-0.05, 0) is 41.8 Å². The lowest BCUT2D eigenvalue weighted by Crippen LogP contribution is -2.00. The first-order valence-electron chi connectivity index (χ1n) is 6.71. The molecule has 2 N–H and O–H groups in total. The number of aryl methyl sites for hydroxylation is 1. The normalized spacial score (nSPS) is 10.4. The molecule has 2 aromatic carbocycles. The van der Waals surface area contributed by atoms with Gasteiger partial charge in [0, 0.05) is 18.4 Å². The monoisotopic (exact) mass is 263 g/mol. The van der Waals surface area contributed by atoms with Crippen LogP contribution in [0.15, 0.2) is 60.8 Å². The first-order valence-corrected chi connectivity index (χ1v) is 6.71. The molecule has 100 valence electrons. The summed E-state index contributed by atoms with van der Waals surface area (Å²) in [6.45, 7) is 2.98. The van der Waals surface area contributed by atoms with Crippen LogP contribution in [-0.2, 0) is 6.54 Å². The predicted octanol–water partition coefficient (Wildman–Crippen LogP) is 4.00. The molecule has 3 heteroatoms. The number of hydrogen-bond acceptors (Lipinski definition) is 2. The fourth-order valence-electron chi connectivity index (χ4n) is 2.19. The Kier molecular flexibility index (Phi) is 3.50. The first-order chi connectivity index (χ1) is 9.83. The molecule has 0 aliphatic rings. The Bertz CT molecular complexity index is 670. The zero-order valence-electron chi connectivity index (χ0n) is 11.4. The Morgan fingerprint density at radius 3 is 2.50 bits per heavy atom. The Balaban J connectivity index is 1.68. The number of aromatic nitrogens is 2. The molecule has 0 saturated carbocycles. The van der Waals surface area contributed by atoms with Crippen molar-refractivity contribution in [3.05, 3.63) is 71.9 Å². The van der Waals surface area contributed by atoms with Crippen LogP contribution >= 0.6 is 0 Å². The molecule has 1 aromatic heterocycles. The minimum absolute atomic E-state index is 0.843. The minimum Gasteiger partial charge on any atom is -0.381 e. The summed E-state index contributed by atoms with van der Waals surface area (Å²) in [5.74, 6) is 0. The summed E-state index contributed by atoms with van der Waals surface area (Å²) in [5, 5.41) is 10.4. The van der Waals surface area contributed by atoms with Crippen molar-refractivity contribution < 1.29 is 0 Å². The molecule has 3 aromatic rings. The van der Waals surface area contributed by atoms with Crippen LogP contribution in [0.3, 0.4) is 0 Å². The van der Waals surface area contributed by atoms with Crippen LogP contribution in [0, 0.1) is 6.92 Å². The molecule has 20 heavy (non-hydrogen) atoms. The summed E-state index contributed by atoms with van der Waals surface area (Å²) in [6.07, 6.45) is 1.76. The maximum absolute atomic E-state index is 3.97. The highest BCUT2D eigenvalue weighted by Gasteiger charge is 2.00. The molecular formula is C17H17N3. The second-order valence-electron chi connectivity index (χ2n) is 4.83. The van der Waals surface area contributed by atoms with E-state index in [1.54, 1.807) is 6.20 Å². The van der Waals surface area contributed by atoms with Crippen molar-refractivity contribution >= 4 is 5.69 Å². The Labute approximate surface area is 118 Å². The van der Waals surface area contributed by atoms with Gasteiger partial charge in [-0.3, -0.25) is 5.10 Å². The lowest BCUT2D eigenvalue weighted by molar-refractivity contribution is 1.09. The van der Waals surface area contributed by atoms with Crippen molar-refractivity contribution in [2.45, 2.75) is 13.5 Å². The van der Waals surface area contributed by atoms with Gasteiger partial charge in [0.2, 0.25) is 0 Å². The summed E-state index contributed by atoms with van der Waals surface area (Å²) in [4.78, 5) is 0. The van der Waals surface area contributed by atoms with Crippen molar-refractivity contribution in [2.24, 2.45) is 0 Å². The highest BCUT2D eigenvalue weighted by atomic mass is 15.1. The second-order valence-corrected chi connectivity index (χ2v) is 4.83. The van der Waals surface area contributed by atoms with Gasteiger partial charge in [-0.25, -0.2) is 0 Å². The van der Waals surface area contributed by atoms with E-state index in [9.17, 15) is 0 Å². The fraction of sp³-hybridized carbons (Fsp3) is 0.118. The Hall–Kier alpha value is -2.55. The van der Waals surface area contributed by atoms with Crippen LogP contribution < -0.4 is 5.32 Å². The number of aromatic amines is 1. The summed E-state index contributed by atoms with van der Waals surface area (Å²) in [5.41, 5.74) is 5.94. The van der Waals surface area contributed by atoms with Crippen LogP contribution in [0.25, 0.3) is 11.3 Å². The molecule has 0 aliphatic carbocycles. The number of anilines is 1. The third-order valence-electron chi connectivity index (χ3n) is 3.44. The van der Waals surface area contributed by atoms with Crippen molar-refractivity contribution in [2.75, 3.05) is 5.32 Å². The Morgan fingerprint density at radius 2 is 1.80 bits per heavy atom. The molecule has 0 spiro atoms. The average Bonchev–Trinajstić information content (AvgIpc) is 3.01. The molecule has 1 heterocycles. The van der Waals surface area contributed by atoms with Crippen molar-refractivity contribution in [3.8, 4) is 11.3 Å². The number of rotatable bonds is 4. The van der Waals surface area contributed by atoms with Gasteiger partial charge in [-0.1, -0.05) is 36.4 Å². The Morgan fingerprint density at radius 1 is 1.00 bits per heavy atom. The molecule has 0 fully saturated rings. The van der Waals surface area contributed by atoms with Gasteiger partial charge in [0.15, 0.2) is 0 Å². The van der Waals surface area contributed by atoms with Crippen LogP contribution in [0.5, 0.6) is 0 Å². The fourth-order valence-corrected chi connectivity index (χ4v) is 2.19. The number of hydrogen-bond donors (Lipinski definition) is 2. The maximum Gasteiger partial charge on any atom is 0.0650 e. The van der Waals surface area contributed by atoms with Crippen LogP contribution in [0.2, 0.25) is 0 Å². The van der Waals surface area contributed by atoms with E-state index in [1.807, 2.05) is 6.07 Å². The van der Waals surface area contributed by atoms with E-state index in [2.05, 4.69) is 71.0 Å². The number of nitrogens with one attached hydrogen (secondary N) is 2. The zero-order valence-corrected chi connectivity index (χ0v) is 11.4. The minimum atomic E-state index is 0.843. The van der Waals surface area contributed by atoms with E-state index >= 15 is 0 Å². The van der Waals surface area contributed by atoms with E-state index in [-0.39, 0.29) is 0 Å². The molecule has 0 radical (unpaired) electrons. The van der Waals surface area contributed by atoms with Gasteiger partial charge in [-0.2, -0.15) is 5.10 Å². The molecule has 0 aliphatic heterocycles. The van der Waals surface area contributed by atoms with Crippen molar-refractivity contribution in [3.63, 3.8) is 0 Å². The van der Waals surface area contributed by atoms with Gasteiger partial charge in [0.25, 0.3) is 0 Å². The van der Waals surface area contributed by atoms with Gasteiger partial charge in [0.1, 0.15) is 0 Å². The number of benzene rings is 2. The lowest BCUT2D eigenvalue weighted by atomic mass is 10.1. The van der Waals surface area contributed by atoms with Crippen molar-refractivity contribution in [1.82, 2.24) is 10.2 Å². The van der Waals surface area contributed by atoms with E-state index in [4.69, 9.17) is 0 Å². The zero-order chi connectivity index (χ0) is 13.8. The summed E-state index contributed by atoms with van der Waals surface area (Å²) in [6, 6.07) is 18.8. The van der Waals surface area contributed by atoms with E-state index in [0.717, 1.165) is 23.5 Å². The second kappa shape index (κ2) is 5.61. The third-order valence-corrected chi connectivity index (χ3v) is 3.44. The van der Waals surface area contributed by atoms with Gasteiger partial charge < -0.3 is 5.32 Å². The predicted molar refractivity (Wildman–Crippen MR) is 82.5 cm³/mol. The average molecular weight is 263 g/mol. The highest BCUT2D eigenvalue weighted by Crippen LogP contribution is 2.19. The van der Waals surface area contributed by atoms with Gasteiger partial charge >= 0.3 is 0 Å². The largest absolute Gasteiger partial charge is 0.381 e. The topological polar surface area (TPSA) is 40.7 Å². The molecule has 3 rings (SSSR count). The molecule has 0 saturated heterocycles. The first kappa shape index (κ1) is 12.5. The highest BCUT2D eigenvalue weighted by molar-refractivity contribution is 5.62. The van der Waals surface area contributed by atoms with Crippen LogP contribution in [-0.4, -0.2) is 10.2 Å². The number of H-pyrrole nitrogens is 1. The summed E-state index contributed by atoms with van der Waals surface area (Å²) >= 11 is 0. The maximum atomic E-state index is 3.97. The van der Waals surface area contributed by atoms with E-state index in [1.165, 1.54) is 11.1 Å². The smallest absolute Gasteiger partial charge is 0.0650 e. The van der Waals surface area contributed by atoms with Gasteiger partial charge in [0.05, 0.1) is 5.69 Å². The molecule has 0 unspecified atom stereocenters. The summed E-state index contributed by atoms with van der Waals surface area (Å²) in [7, 11) is 0. The van der Waals surface area contributed by atoms with Crippen LogP contribution in [0.4, 0.5) is 5.69 Å². The molecule has 0 amide bonds. The van der Waals surface area contributed by atoms with Gasteiger partial charge in [-0.15, -0.1) is 0 Å². The summed E-state index contributed by atoms with van der Waals surface area (Å²) < 4.78 is 0. The third kappa shape index (κ3) is 2.72. The van der Waals surface area contributed by atoms with Crippen molar-refractivity contribution in [1.29, 1.82) is 0 Å². The molecular weight excluding hydrogens is 246 g/mol. The number of nitrogens with zero attached hydrogens (tertiary/aromatic N) is 1. The lowest BCUT2D eigenvalue weighted by Gasteiger charge is -2.09. The molecule has 0 bridgehead atoms. The quantitative estimate of drug-likeness (QED) is 0.747. The molecule has 0 atom stereocenters. The van der Waals surface area contributed by atoms with E-state index < -0.39 is 0 Å².